The zero-order chi connectivity index (χ0) is 25.1. The summed E-state index contributed by atoms with van der Waals surface area (Å²) in [4.78, 5) is 31.0. The number of amides is 1. The number of ether oxygens (including phenoxy) is 1. The predicted octanol–water partition coefficient (Wildman–Crippen LogP) is 5.27. The predicted molar refractivity (Wildman–Crippen MR) is 134 cm³/mol. The van der Waals surface area contributed by atoms with Crippen LogP contribution < -0.4 is 4.74 Å². The van der Waals surface area contributed by atoms with Crippen molar-refractivity contribution in [2.45, 2.75) is 25.4 Å². The molecule has 0 spiro atoms. The molecule has 1 aliphatic heterocycles. The number of nitrogens with zero attached hydrogens (tertiary/aromatic N) is 2. The van der Waals surface area contributed by atoms with E-state index in [1.807, 2.05) is 48.5 Å². The van der Waals surface area contributed by atoms with Gasteiger partial charge in [0.05, 0.1) is 12.3 Å². The molecule has 0 fully saturated rings. The lowest BCUT2D eigenvalue weighted by Crippen LogP contribution is -2.48. The van der Waals surface area contributed by atoms with Crippen molar-refractivity contribution in [2.75, 3.05) is 6.61 Å². The maximum atomic E-state index is 13.2. The fourth-order valence-corrected chi connectivity index (χ4v) is 4.47. The molecule has 1 atom stereocenters. The third kappa shape index (κ3) is 5.11. The standard InChI is InChI=1S/C28H23ClN2O5/c29-22-8-4-7-20(13-22)27(32)31-16-21-14-24(10-9-19(21)15-25(31)28(33)34)35-12-11-23-17-36-26(30-23)18-5-2-1-3-6-18/h1-10,13-14,17,25H,11-12,15-16H2,(H,33,34). The van der Waals surface area contributed by atoms with Crippen LogP contribution in [-0.2, 0) is 24.2 Å². The van der Waals surface area contributed by atoms with E-state index in [1.165, 1.54) is 4.90 Å². The van der Waals surface area contributed by atoms with E-state index < -0.39 is 12.0 Å². The third-order valence-electron chi connectivity index (χ3n) is 6.12. The minimum absolute atomic E-state index is 0.165. The highest BCUT2D eigenvalue weighted by molar-refractivity contribution is 6.31. The molecule has 0 saturated carbocycles. The van der Waals surface area contributed by atoms with Crippen LogP contribution in [0.5, 0.6) is 5.75 Å². The molecule has 36 heavy (non-hydrogen) atoms. The molecule has 4 aromatic rings. The van der Waals surface area contributed by atoms with Crippen molar-refractivity contribution >= 4 is 23.5 Å². The van der Waals surface area contributed by atoms with Crippen molar-refractivity contribution in [2.24, 2.45) is 0 Å². The van der Waals surface area contributed by atoms with E-state index in [1.54, 1.807) is 30.5 Å². The van der Waals surface area contributed by atoms with Gasteiger partial charge >= 0.3 is 5.97 Å². The number of oxazole rings is 1. The minimum atomic E-state index is -1.04. The van der Waals surface area contributed by atoms with E-state index >= 15 is 0 Å². The van der Waals surface area contributed by atoms with Crippen LogP contribution in [-0.4, -0.2) is 39.5 Å². The highest BCUT2D eigenvalue weighted by Crippen LogP contribution is 2.29. The molecule has 1 aromatic heterocycles. The van der Waals surface area contributed by atoms with Crippen molar-refractivity contribution < 1.29 is 23.8 Å². The molecule has 8 heteroatoms. The van der Waals surface area contributed by atoms with Gasteiger partial charge in [-0.15, -0.1) is 0 Å². The monoisotopic (exact) mass is 502 g/mol. The molecule has 7 nitrogen and oxygen atoms in total. The van der Waals surface area contributed by atoms with Gasteiger partial charge in [0, 0.05) is 35.5 Å². The fourth-order valence-electron chi connectivity index (χ4n) is 4.28. The van der Waals surface area contributed by atoms with Crippen LogP contribution in [0.4, 0.5) is 0 Å². The smallest absolute Gasteiger partial charge is 0.326 e. The molecule has 1 amide bonds. The number of carboxylic acids is 1. The molecule has 3 aromatic carbocycles. The number of hydrogen-bond acceptors (Lipinski definition) is 5. The van der Waals surface area contributed by atoms with Crippen molar-refractivity contribution in [3.05, 3.63) is 106 Å². The summed E-state index contributed by atoms with van der Waals surface area (Å²) >= 11 is 6.04. The van der Waals surface area contributed by atoms with Crippen LogP contribution in [0.2, 0.25) is 5.02 Å². The number of benzene rings is 3. The van der Waals surface area contributed by atoms with Gasteiger partial charge in [0.25, 0.3) is 5.91 Å². The zero-order valence-electron chi connectivity index (χ0n) is 19.3. The number of carboxylic acid groups (broad SMARTS) is 1. The van der Waals surface area contributed by atoms with E-state index in [0.29, 0.717) is 35.3 Å². The second-order valence-corrected chi connectivity index (χ2v) is 8.98. The van der Waals surface area contributed by atoms with Crippen molar-refractivity contribution in [3.63, 3.8) is 0 Å². The maximum Gasteiger partial charge on any atom is 0.326 e. The summed E-state index contributed by atoms with van der Waals surface area (Å²) in [5.74, 6) is -0.206. The Balaban J connectivity index is 1.27. The first-order valence-electron chi connectivity index (χ1n) is 11.5. The average Bonchev–Trinajstić information content (AvgIpc) is 3.37. The first-order valence-corrected chi connectivity index (χ1v) is 11.9. The Morgan fingerprint density at radius 1 is 1.06 bits per heavy atom. The zero-order valence-corrected chi connectivity index (χ0v) is 20.0. The van der Waals surface area contributed by atoms with Gasteiger partial charge in [-0.25, -0.2) is 9.78 Å². The first kappa shape index (κ1) is 23.6. The summed E-state index contributed by atoms with van der Waals surface area (Å²) in [6.07, 6.45) is 2.41. The second kappa shape index (κ2) is 10.3. The Bertz CT molecular complexity index is 1400. The summed E-state index contributed by atoms with van der Waals surface area (Å²) in [5, 5.41) is 10.2. The van der Waals surface area contributed by atoms with Crippen molar-refractivity contribution in [1.29, 1.82) is 0 Å². The lowest BCUT2D eigenvalue weighted by Gasteiger charge is -2.34. The highest BCUT2D eigenvalue weighted by atomic mass is 35.5. The van der Waals surface area contributed by atoms with Gasteiger partial charge in [-0.1, -0.05) is 41.9 Å². The second-order valence-electron chi connectivity index (χ2n) is 8.54. The number of halogens is 1. The molecule has 1 unspecified atom stereocenters. The van der Waals surface area contributed by atoms with Crippen molar-refractivity contribution in [1.82, 2.24) is 9.88 Å². The van der Waals surface area contributed by atoms with Gasteiger partial charge in [-0.05, 0) is 53.6 Å². The van der Waals surface area contributed by atoms with E-state index in [0.717, 1.165) is 22.4 Å². The number of carbonyl (C=O) groups excluding carboxylic acids is 1. The molecule has 0 aliphatic carbocycles. The Morgan fingerprint density at radius 3 is 2.67 bits per heavy atom. The van der Waals surface area contributed by atoms with Gasteiger partial charge < -0.3 is 19.2 Å². The van der Waals surface area contributed by atoms with E-state index in [2.05, 4.69) is 4.98 Å². The maximum absolute atomic E-state index is 13.2. The lowest BCUT2D eigenvalue weighted by molar-refractivity contribution is -0.142. The van der Waals surface area contributed by atoms with E-state index in [4.69, 9.17) is 20.8 Å². The normalized spacial score (nSPS) is 14.8. The summed E-state index contributed by atoms with van der Waals surface area (Å²) in [7, 11) is 0. The molecule has 0 bridgehead atoms. The Hall–Kier alpha value is -4.10. The number of rotatable bonds is 7. The van der Waals surface area contributed by atoms with Crippen LogP contribution in [0, 0.1) is 0 Å². The van der Waals surface area contributed by atoms with Gasteiger partial charge in [0.2, 0.25) is 5.89 Å². The van der Waals surface area contributed by atoms with Gasteiger partial charge in [0.15, 0.2) is 0 Å². The van der Waals surface area contributed by atoms with Crippen molar-refractivity contribution in [3.8, 4) is 17.2 Å². The lowest BCUT2D eigenvalue weighted by atomic mass is 9.93. The van der Waals surface area contributed by atoms with E-state index in [9.17, 15) is 14.7 Å². The molecular weight excluding hydrogens is 480 g/mol. The molecule has 1 N–H and O–H groups in total. The Kier molecular flexibility index (Phi) is 6.73. The first-order chi connectivity index (χ1) is 17.5. The minimum Gasteiger partial charge on any atom is -0.493 e. The summed E-state index contributed by atoms with van der Waals surface area (Å²) in [5.41, 5.74) is 3.79. The van der Waals surface area contributed by atoms with Gasteiger partial charge in [-0.2, -0.15) is 0 Å². The number of aliphatic carboxylic acids is 1. The molecular formula is C28H23ClN2O5. The molecule has 0 radical (unpaired) electrons. The van der Waals surface area contributed by atoms with Crippen LogP contribution in [0.3, 0.4) is 0 Å². The Labute approximate surface area is 212 Å². The number of carbonyl (C=O) groups is 2. The number of hydrogen-bond donors (Lipinski definition) is 1. The Morgan fingerprint density at radius 2 is 1.89 bits per heavy atom. The van der Waals surface area contributed by atoms with Gasteiger partial charge in [-0.3, -0.25) is 4.79 Å². The molecule has 1 aliphatic rings. The topological polar surface area (TPSA) is 92.9 Å². The summed E-state index contributed by atoms with van der Waals surface area (Å²) < 4.78 is 11.5. The molecule has 0 saturated heterocycles. The van der Waals surface area contributed by atoms with E-state index in [-0.39, 0.29) is 18.9 Å². The summed E-state index contributed by atoms with van der Waals surface area (Å²) in [6.45, 7) is 0.557. The van der Waals surface area contributed by atoms with Crippen LogP contribution >= 0.6 is 11.6 Å². The SMILES string of the molecule is O=C(O)C1Cc2ccc(OCCc3coc(-c4ccccc4)n3)cc2CN1C(=O)c1cccc(Cl)c1. The number of aromatic nitrogens is 1. The summed E-state index contributed by atoms with van der Waals surface area (Å²) in [6, 6.07) is 20.8. The van der Waals surface area contributed by atoms with Crippen LogP contribution in [0.15, 0.2) is 83.5 Å². The largest absolute Gasteiger partial charge is 0.493 e. The molecule has 5 rings (SSSR count). The number of fused-ring (bicyclic) bond motifs is 1. The molecule has 2 heterocycles. The average molecular weight is 503 g/mol. The third-order valence-corrected chi connectivity index (χ3v) is 6.36. The highest BCUT2D eigenvalue weighted by Gasteiger charge is 2.35. The fraction of sp³-hybridized carbons (Fsp3) is 0.179. The molecule has 182 valence electrons. The van der Waals surface area contributed by atoms with Gasteiger partial charge in [0.1, 0.15) is 18.1 Å². The van der Waals surface area contributed by atoms with Crippen LogP contribution in [0.25, 0.3) is 11.5 Å². The quantitative estimate of drug-likeness (QED) is 0.370. The van der Waals surface area contributed by atoms with Crippen LogP contribution in [0.1, 0.15) is 27.2 Å².